The lowest BCUT2D eigenvalue weighted by Gasteiger charge is -2.32. The van der Waals surface area contributed by atoms with E-state index in [9.17, 15) is 0 Å². The molecule has 3 aliphatic rings. The first-order chi connectivity index (χ1) is 7.38. The Hall–Kier alpha value is -0.160. The van der Waals surface area contributed by atoms with Gasteiger partial charge in [0.25, 0.3) is 0 Å². The zero-order valence-electron chi connectivity index (χ0n) is 8.94. The average molecular weight is 214 g/mol. The third-order valence-corrected chi connectivity index (χ3v) is 3.44. The maximum atomic E-state index is 6.00. The van der Waals surface area contributed by atoms with Gasteiger partial charge < -0.3 is 18.9 Å². The van der Waals surface area contributed by atoms with E-state index in [0.29, 0.717) is 19.8 Å². The molecule has 1 spiro atoms. The summed E-state index contributed by atoms with van der Waals surface area (Å²) >= 11 is 0. The molecule has 1 unspecified atom stereocenters. The first-order valence-electron chi connectivity index (χ1n) is 5.93. The van der Waals surface area contributed by atoms with Crippen molar-refractivity contribution in [2.24, 2.45) is 0 Å². The van der Waals surface area contributed by atoms with E-state index in [1.807, 2.05) is 0 Å². The molecule has 2 aliphatic heterocycles. The van der Waals surface area contributed by atoms with E-state index in [2.05, 4.69) is 0 Å². The van der Waals surface area contributed by atoms with Gasteiger partial charge in [0, 0.05) is 12.8 Å². The molecule has 0 aromatic carbocycles. The van der Waals surface area contributed by atoms with Gasteiger partial charge in [-0.25, -0.2) is 0 Å². The molecule has 1 atom stereocenters. The number of hydrogen-bond acceptors (Lipinski definition) is 4. The van der Waals surface area contributed by atoms with Crippen LogP contribution in [0.4, 0.5) is 0 Å². The minimum atomic E-state index is -0.307. The van der Waals surface area contributed by atoms with Gasteiger partial charge in [-0.15, -0.1) is 0 Å². The van der Waals surface area contributed by atoms with Gasteiger partial charge >= 0.3 is 0 Å². The van der Waals surface area contributed by atoms with Crippen molar-refractivity contribution >= 4 is 0 Å². The molecule has 0 aromatic heterocycles. The van der Waals surface area contributed by atoms with Crippen LogP contribution in [0.3, 0.4) is 0 Å². The van der Waals surface area contributed by atoms with Gasteiger partial charge in [-0.2, -0.15) is 0 Å². The lowest BCUT2D eigenvalue weighted by atomic mass is 9.94. The third kappa shape index (κ3) is 1.91. The zero-order valence-corrected chi connectivity index (χ0v) is 8.94. The molecule has 0 amide bonds. The van der Waals surface area contributed by atoms with Crippen LogP contribution in [0.5, 0.6) is 0 Å². The van der Waals surface area contributed by atoms with Crippen LogP contribution in [0.1, 0.15) is 32.1 Å². The number of rotatable bonds is 1. The maximum absolute atomic E-state index is 6.00. The van der Waals surface area contributed by atoms with Gasteiger partial charge in [0.2, 0.25) is 0 Å². The van der Waals surface area contributed by atoms with Crippen LogP contribution in [0.25, 0.3) is 0 Å². The maximum Gasteiger partial charge on any atom is 0.186 e. The Kier molecular flexibility index (Phi) is 2.68. The van der Waals surface area contributed by atoms with E-state index in [0.717, 1.165) is 12.8 Å². The van der Waals surface area contributed by atoms with Crippen molar-refractivity contribution in [3.63, 3.8) is 0 Å². The summed E-state index contributed by atoms with van der Waals surface area (Å²) in [5.41, 5.74) is 0. The Bertz CT molecular complexity index is 219. The SMILES string of the molecule is C1CCC2(CC1)OCC(C1OCCO1)O2. The molecule has 2 heterocycles. The normalized spacial score (nSPS) is 36.4. The topological polar surface area (TPSA) is 36.9 Å². The molecule has 4 nitrogen and oxygen atoms in total. The van der Waals surface area contributed by atoms with E-state index in [4.69, 9.17) is 18.9 Å². The molecule has 1 aliphatic carbocycles. The molecule has 0 N–H and O–H groups in total. The number of ether oxygens (including phenoxy) is 4. The monoisotopic (exact) mass is 214 g/mol. The zero-order chi connectivity index (χ0) is 10.1. The fourth-order valence-corrected chi connectivity index (χ4v) is 2.66. The third-order valence-electron chi connectivity index (χ3n) is 3.44. The molecule has 4 heteroatoms. The second-order valence-electron chi connectivity index (χ2n) is 4.55. The van der Waals surface area contributed by atoms with Gasteiger partial charge in [-0.3, -0.25) is 0 Å². The molecule has 3 rings (SSSR count). The van der Waals surface area contributed by atoms with Gasteiger partial charge in [0.1, 0.15) is 6.10 Å². The Morgan fingerprint density at radius 3 is 2.40 bits per heavy atom. The minimum absolute atomic E-state index is 0.0226. The molecule has 0 aromatic rings. The molecule has 86 valence electrons. The second-order valence-corrected chi connectivity index (χ2v) is 4.55. The highest BCUT2D eigenvalue weighted by Crippen LogP contribution is 2.39. The summed E-state index contributed by atoms with van der Waals surface area (Å²) in [4.78, 5) is 0. The van der Waals surface area contributed by atoms with E-state index in [1.165, 1.54) is 19.3 Å². The standard InChI is InChI=1S/C11H18O4/c1-2-4-11(5-3-1)14-8-9(15-11)10-12-6-7-13-10/h9-10H,1-8H2. The van der Waals surface area contributed by atoms with E-state index >= 15 is 0 Å². The van der Waals surface area contributed by atoms with Gasteiger partial charge in [0.05, 0.1) is 19.8 Å². The fraction of sp³-hybridized carbons (Fsp3) is 1.00. The smallest absolute Gasteiger partial charge is 0.186 e. The minimum Gasteiger partial charge on any atom is -0.347 e. The largest absolute Gasteiger partial charge is 0.347 e. The van der Waals surface area contributed by atoms with Crippen molar-refractivity contribution in [3.05, 3.63) is 0 Å². The van der Waals surface area contributed by atoms with Crippen LogP contribution in [0.15, 0.2) is 0 Å². The first kappa shape index (κ1) is 10.0. The fourth-order valence-electron chi connectivity index (χ4n) is 2.66. The van der Waals surface area contributed by atoms with Crippen molar-refractivity contribution in [1.82, 2.24) is 0 Å². The summed E-state index contributed by atoms with van der Waals surface area (Å²) < 4.78 is 22.7. The van der Waals surface area contributed by atoms with Crippen LogP contribution in [-0.2, 0) is 18.9 Å². The summed E-state index contributed by atoms with van der Waals surface area (Å²) in [6.45, 7) is 1.97. The second kappa shape index (κ2) is 4.01. The van der Waals surface area contributed by atoms with E-state index < -0.39 is 0 Å². The summed E-state index contributed by atoms with van der Waals surface area (Å²) in [7, 11) is 0. The number of hydrogen-bond donors (Lipinski definition) is 0. The first-order valence-corrected chi connectivity index (χ1v) is 5.93. The summed E-state index contributed by atoms with van der Waals surface area (Å²) in [5, 5.41) is 0. The molecule has 0 radical (unpaired) electrons. The average Bonchev–Trinajstić information content (AvgIpc) is 2.88. The van der Waals surface area contributed by atoms with Crippen LogP contribution in [-0.4, -0.2) is 38.0 Å². The van der Waals surface area contributed by atoms with Crippen LogP contribution in [0, 0.1) is 0 Å². The summed E-state index contributed by atoms with van der Waals surface area (Å²) in [5.74, 6) is -0.307. The summed E-state index contributed by atoms with van der Waals surface area (Å²) in [6.07, 6.45) is 5.54. The van der Waals surface area contributed by atoms with Gasteiger partial charge in [0.15, 0.2) is 12.1 Å². The van der Waals surface area contributed by atoms with Crippen LogP contribution in [0.2, 0.25) is 0 Å². The predicted octanol–water partition coefficient (Wildman–Crippen LogP) is 1.44. The lowest BCUT2D eigenvalue weighted by Crippen LogP contribution is -2.36. The van der Waals surface area contributed by atoms with E-state index in [1.54, 1.807) is 0 Å². The molecule has 15 heavy (non-hydrogen) atoms. The molecule has 3 fully saturated rings. The molecule has 2 saturated heterocycles. The van der Waals surface area contributed by atoms with Crippen molar-refractivity contribution in [3.8, 4) is 0 Å². The van der Waals surface area contributed by atoms with E-state index in [-0.39, 0.29) is 18.2 Å². The highest BCUT2D eigenvalue weighted by molar-refractivity contribution is 4.84. The Morgan fingerprint density at radius 2 is 1.67 bits per heavy atom. The molecular formula is C11H18O4. The van der Waals surface area contributed by atoms with Crippen LogP contribution >= 0.6 is 0 Å². The Labute approximate surface area is 89.8 Å². The van der Waals surface area contributed by atoms with Crippen LogP contribution < -0.4 is 0 Å². The van der Waals surface area contributed by atoms with Gasteiger partial charge in [-0.1, -0.05) is 6.42 Å². The summed E-state index contributed by atoms with van der Waals surface area (Å²) in [6, 6.07) is 0. The molecular weight excluding hydrogens is 196 g/mol. The highest BCUT2D eigenvalue weighted by atomic mass is 16.8. The van der Waals surface area contributed by atoms with Crippen molar-refractivity contribution < 1.29 is 18.9 Å². The Balaban J connectivity index is 1.61. The lowest BCUT2D eigenvalue weighted by molar-refractivity contribution is -0.213. The van der Waals surface area contributed by atoms with Crippen molar-refractivity contribution in [2.45, 2.75) is 50.3 Å². The Morgan fingerprint density at radius 1 is 0.933 bits per heavy atom. The quantitative estimate of drug-likeness (QED) is 0.661. The predicted molar refractivity (Wildman–Crippen MR) is 52.3 cm³/mol. The van der Waals surface area contributed by atoms with Crippen molar-refractivity contribution in [1.29, 1.82) is 0 Å². The van der Waals surface area contributed by atoms with Crippen molar-refractivity contribution in [2.75, 3.05) is 19.8 Å². The molecule has 0 bridgehead atoms. The van der Waals surface area contributed by atoms with Gasteiger partial charge in [-0.05, 0) is 12.8 Å². The highest BCUT2D eigenvalue weighted by Gasteiger charge is 2.46. The molecule has 1 saturated carbocycles.